The molecule has 3 rings (SSSR count). The van der Waals surface area contributed by atoms with Crippen LogP contribution in [-0.2, 0) is 0 Å². The van der Waals surface area contributed by atoms with Crippen molar-refractivity contribution in [2.24, 2.45) is 0 Å². The molecule has 3 heterocycles. The minimum atomic E-state index is 0.167. The summed E-state index contributed by atoms with van der Waals surface area (Å²) in [5.74, 6) is 0.835. The number of hydrogen-bond acceptors (Lipinski definition) is 4. The molecule has 0 N–H and O–H groups in total. The molecule has 23 heavy (non-hydrogen) atoms. The maximum Gasteiger partial charge on any atom is 0.216 e. The van der Waals surface area contributed by atoms with E-state index in [-0.39, 0.29) is 5.92 Å². The van der Waals surface area contributed by atoms with Crippen LogP contribution in [0, 0.1) is 0 Å². The first-order valence-corrected chi connectivity index (χ1v) is 8.12. The molecule has 0 aliphatic heterocycles. The summed E-state index contributed by atoms with van der Waals surface area (Å²) in [4.78, 5) is 8.64. The van der Waals surface area contributed by atoms with Crippen molar-refractivity contribution in [1.29, 1.82) is 0 Å². The van der Waals surface area contributed by atoms with Crippen LogP contribution in [0.25, 0.3) is 5.65 Å². The van der Waals surface area contributed by atoms with Gasteiger partial charge in [0.05, 0.1) is 12.8 Å². The third-order valence-electron chi connectivity index (χ3n) is 3.56. The summed E-state index contributed by atoms with van der Waals surface area (Å²) in [5, 5.41) is 4.65. The standard InChI is InChI=1S/C16H18N4O.C2H6/c1-3-6-12(13-7-4-8-18-16(13)21-2)14-11-15-17-9-5-10-20(15)19-14;1-2/h4-5,7-12H,3,6H2,1-2H3;1-2H3. The SMILES string of the molecule is CC.CCCC(c1cc2ncccn2n1)c1cccnc1OC. The van der Waals surface area contributed by atoms with Crippen LogP contribution in [0.15, 0.2) is 42.9 Å². The van der Waals surface area contributed by atoms with Crippen molar-refractivity contribution in [3.8, 4) is 5.88 Å². The lowest BCUT2D eigenvalue weighted by molar-refractivity contribution is 0.389. The summed E-state index contributed by atoms with van der Waals surface area (Å²) >= 11 is 0. The highest BCUT2D eigenvalue weighted by atomic mass is 16.5. The van der Waals surface area contributed by atoms with E-state index in [4.69, 9.17) is 4.74 Å². The molecule has 3 aromatic rings. The predicted molar refractivity (Wildman–Crippen MR) is 91.9 cm³/mol. The van der Waals surface area contributed by atoms with Gasteiger partial charge in [-0.05, 0) is 18.6 Å². The first kappa shape index (κ1) is 16.9. The van der Waals surface area contributed by atoms with Crippen LogP contribution in [-0.4, -0.2) is 26.7 Å². The maximum atomic E-state index is 5.41. The summed E-state index contributed by atoms with van der Waals surface area (Å²) in [7, 11) is 1.65. The molecule has 0 radical (unpaired) electrons. The van der Waals surface area contributed by atoms with Gasteiger partial charge in [-0.2, -0.15) is 5.10 Å². The zero-order chi connectivity index (χ0) is 16.7. The molecule has 1 atom stereocenters. The second kappa shape index (κ2) is 8.27. The molecule has 0 aromatic carbocycles. The second-order valence-electron chi connectivity index (χ2n) is 4.93. The van der Waals surface area contributed by atoms with Crippen LogP contribution >= 0.6 is 0 Å². The fourth-order valence-electron chi connectivity index (χ4n) is 2.61. The number of fused-ring (bicyclic) bond motifs is 1. The van der Waals surface area contributed by atoms with Crippen LogP contribution in [0.1, 0.15) is 50.8 Å². The molecule has 3 aromatic heterocycles. The lowest BCUT2D eigenvalue weighted by atomic mass is 9.92. The number of nitrogens with zero attached hydrogens (tertiary/aromatic N) is 4. The van der Waals surface area contributed by atoms with Crippen molar-refractivity contribution in [1.82, 2.24) is 19.6 Å². The highest BCUT2D eigenvalue weighted by Crippen LogP contribution is 2.33. The molecule has 0 amide bonds. The predicted octanol–water partition coefficient (Wildman–Crippen LogP) is 4.09. The molecule has 122 valence electrons. The van der Waals surface area contributed by atoms with E-state index in [1.165, 1.54) is 0 Å². The molecule has 5 heteroatoms. The Morgan fingerprint density at radius 1 is 1.17 bits per heavy atom. The average molecular weight is 312 g/mol. The molecule has 0 aliphatic carbocycles. The second-order valence-corrected chi connectivity index (χ2v) is 4.93. The van der Waals surface area contributed by atoms with E-state index in [0.717, 1.165) is 29.7 Å². The van der Waals surface area contributed by atoms with Crippen molar-refractivity contribution < 1.29 is 4.74 Å². The van der Waals surface area contributed by atoms with Gasteiger partial charge in [-0.15, -0.1) is 0 Å². The Bertz CT molecular complexity index is 705. The van der Waals surface area contributed by atoms with Crippen molar-refractivity contribution >= 4 is 5.65 Å². The van der Waals surface area contributed by atoms with Crippen molar-refractivity contribution in [2.45, 2.75) is 39.5 Å². The monoisotopic (exact) mass is 312 g/mol. The largest absolute Gasteiger partial charge is 0.481 e. The van der Waals surface area contributed by atoms with Gasteiger partial charge in [0.1, 0.15) is 0 Å². The Labute approximate surface area is 137 Å². The number of aromatic nitrogens is 4. The molecule has 0 spiro atoms. The van der Waals surface area contributed by atoms with Gasteiger partial charge in [-0.25, -0.2) is 14.5 Å². The van der Waals surface area contributed by atoms with E-state index in [1.54, 1.807) is 24.0 Å². The van der Waals surface area contributed by atoms with Crippen LogP contribution < -0.4 is 4.74 Å². The number of ether oxygens (including phenoxy) is 1. The topological polar surface area (TPSA) is 52.3 Å². The average Bonchev–Trinajstić information content (AvgIpc) is 3.05. The van der Waals surface area contributed by atoms with Gasteiger partial charge in [-0.3, -0.25) is 0 Å². The van der Waals surface area contributed by atoms with Crippen molar-refractivity contribution in [2.75, 3.05) is 7.11 Å². The minimum absolute atomic E-state index is 0.167. The third kappa shape index (κ3) is 3.67. The molecular weight excluding hydrogens is 288 g/mol. The first-order valence-electron chi connectivity index (χ1n) is 8.12. The molecule has 1 unspecified atom stereocenters. The molecule has 5 nitrogen and oxygen atoms in total. The number of rotatable bonds is 5. The summed E-state index contributed by atoms with van der Waals surface area (Å²) in [5.41, 5.74) is 2.93. The number of pyridine rings is 1. The summed E-state index contributed by atoms with van der Waals surface area (Å²) in [6.45, 7) is 6.17. The molecular formula is C18H24N4O. The minimum Gasteiger partial charge on any atom is -0.481 e. The fraction of sp³-hybridized carbons (Fsp3) is 0.389. The van der Waals surface area contributed by atoms with Gasteiger partial charge < -0.3 is 4.74 Å². The van der Waals surface area contributed by atoms with Crippen molar-refractivity contribution in [3.05, 3.63) is 54.1 Å². The Morgan fingerprint density at radius 2 is 1.96 bits per heavy atom. The van der Waals surface area contributed by atoms with Gasteiger partial charge >= 0.3 is 0 Å². The summed E-state index contributed by atoms with van der Waals surface area (Å²) < 4.78 is 7.21. The Kier molecular flexibility index (Phi) is 6.09. The van der Waals surface area contributed by atoms with Gasteiger partial charge in [0, 0.05) is 36.1 Å². The molecule has 0 fully saturated rings. The Balaban J connectivity index is 0.000000924. The smallest absolute Gasteiger partial charge is 0.216 e. The molecule has 0 saturated carbocycles. The van der Waals surface area contributed by atoms with Gasteiger partial charge in [0.25, 0.3) is 0 Å². The number of hydrogen-bond donors (Lipinski definition) is 0. The number of methoxy groups -OCH3 is 1. The fourth-order valence-corrected chi connectivity index (χ4v) is 2.61. The highest BCUT2D eigenvalue weighted by molar-refractivity contribution is 5.43. The lowest BCUT2D eigenvalue weighted by Crippen LogP contribution is -2.05. The molecule has 0 aliphatic rings. The van der Waals surface area contributed by atoms with E-state index < -0.39 is 0 Å². The summed E-state index contributed by atoms with van der Waals surface area (Å²) in [6.07, 6.45) is 7.49. The quantitative estimate of drug-likeness (QED) is 0.712. The maximum absolute atomic E-state index is 5.41. The van der Waals surface area contributed by atoms with E-state index in [2.05, 4.69) is 28.1 Å². The Morgan fingerprint density at radius 3 is 2.65 bits per heavy atom. The van der Waals surface area contributed by atoms with Crippen LogP contribution in [0.4, 0.5) is 0 Å². The van der Waals surface area contributed by atoms with E-state index >= 15 is 0 Å². The van der Waals surface area contributed by atoms with E-state index in [0.29, 0.717) is 5.88 Å². The van der Waals surface area contributed by atoms with Gasteiger partial charge in [0.15, 0.2) is 5.65 Å². The summed E-state index contributed by atoms with van der Waals surface area (Å²) in [6, 6.07) is 7.91. The van der Waals surface area contributed by atoms with Crippen LogP contribution in [0.3, 0.4) is 0 Å². The van der Waals surface area contributed by atoms with Crippen molar-refractivity contribution in [3.63, 3.8) is 0 Å². The van der Waals surface area contributed by atoms with Crippen LogP contribution in [0.5, 0.6) is 5.88 Å². The normalized spacial score (nSPS) is 11.7. The zero-order valence-corrected chi connectivity index (χ0v) is 14.2. The van der Waals surface area contributed by atoms with E-state index in [1.807, 2.05) is 38.2 Å². The van der Waals surface area contributed by atoms with Gasteiger partial charge in [-0.1, -0.05) is 33.3 Å². The molecule has 0 saturated heterocycles. The van der Waals surface area contributed by atoms with Crippen LogP contribution in [0.2, 0.25) is 0 Å². The Hall–Kier alpha value is -2.43. The van der Waals surface area contributed by atoms with Gasteiger partial charge in [0.2, 0.25) is 5.88 Å². The zero-order valence-electron chi connectivity index (χ0n) is 14.2. The third-order valence-corrected chi connectivity index (χ3v) is 3.56. The first-order chi connectivity index (χ1) is 11.3. The van der Waals surface area contributed by atoms with E-state index in [9.17, 15) is 0 Å². The lowest BCUT2D eigenvalue weighted by Gasteiger charge is -2.16. The molecule has 0 bridgehead atoms. The highest BCUT2D eigenvalue weighted by Gasteiger charge is 2.21.